The molecular weight excluding hydrogens is 463 g/mol. The largest absolute Gasteiger partial charge is 0.443 e. The molecule has 1 aliphatic heterocycles. The number of benzene rings is 1. The van der Waals surface area contributed by atoms with Crippen molar-refractivity contribution in [2.45, 2.75) is 63.9 Å². The second-order valence-electron chi connectivity index (χ2n) is 7.65. The van der Waals surface area contributed by atoms with Crippen molar-refractivity contribution in [1.29, 1.82) is 0 Å². The van der Waals surface area contributed by atoms with Crippen molar-refractivity contribution in [3.05, 3.63) is 45.3 Å². The van der Waals surface area contributed by atoms with Gasteiger partial charge < -0.3 is 29.9 Å². The number of halogens is 2. The average Bonchev–Trinajstić information content (AvgIpc) is 3.01. The second-order valence-corrected chi connectivity index (χ2v) is 8.50. The maximum atomic E-state index is 14.0. The van der Waals surface area contributed by atoms with E-state index < -0.39 is 43.1 Å². The lowest BCUT2D eigenvalue weighted by Crippen LogP contribution is -2.60. The molecule has 1 aromatic heterocycles. The van der Waals surface area contributed by atoms with Crippen molar-refractivity contribution in [1.82, 2.24) is 9.78 Å². The van der Waals surface area contributed by atoms with Gasteiger partial charge in [-0.25, -0.2) is 4.39 Å². The smallest absolute Gasteiger partial charge is 0.239 e. The fourth-order valence-corrected chi connectivity index (χ4v) is 3.70. The Labute approximate surface area is 182 Å². The molecule has 8 nitrogen and oxygen atoms in total. The van der Waals surface area contributed by atoms with Crippen LogP contribution in [0.4, 0.5) is 4.39 Å². The minimum atomic E-state index is -1.56. The fraction of sp³-hybridized carbons (Fsp3) is 0.550. The third kappa shape index (κ3) is 4.53. The molecule has 0 radical (unpaired) electrons. The Morgan fingerprint density at radius 1 is 1.23 bits per heavy atom. The highest BCUT2D eigenvalue weighted by atomic mass is 79.9. The highest BCUT2D eigenvalue weighted by molar-refractivity contribution is 9.10. The number of nitrogens with zero attached hydrogens (tertiary/aromatic N) is 2. The third-order valence-electron chi connectivity index (χ3n) is 5.17. The summed E-state index contributed by atoms with van der Waals surface area (Å²) in [6.45, 7) is 5.19. The Balaban J connectivity index is 1.93. The summed E-state index contributed by atoms with van der Waals surface area (Å²) in [6.07, 6.45) is -6.72. The first-order chi connectivity index (χ1) is 14.1. The molecule has 1 unspecified atom stereocenters. The molecule has 30 heavy (non-hydrogen) atoms. The quantitative estimate of drug-likeness (QED) is 0.485. The van der Waals surface area contributed by atoms with Crippen LogP contribution in [0.15, 0.2) is 22.7 Å². The van der Waals surface area contributed by atoms with Gasteiger partial charge in [0.25, 0.3) is 0 Å². The van der Waals surface area contributed by atoms with Crippen LogP contribution in [0.3, 0.4) is 0 Å². The van der Waals surface area contributed by atoms with Gasteiger partial charge in [0.05, 0.1) is 11.1 Å². The number of hydrogen-bond donors (Lipinski definition) is 4. The summed E-state index contributed by atoms with van der Waals surface area (Å²) in [5, 5.41) is 44.1. The van der Waals surface area contributed by atoms with Gasteiger partial charge in [-0.3, -0.25) is 4.68 Å². The lowest BCUT2D eigenvalue weighted by atomic mass is 9.99. The summed E-state index contributed by atoms with van der Waals surface area (Å²) >= 11 is 3.14. The summed E-state index contributed by atoms with van der Waals surface area (Å²) in [6, 6.07) is 4.81. The van der Waals surface area contributed by atoms with Crippen LogP contribution < -0.4 is 4.74 Å². The molecule has 0 saturated carbocycles. The lowest BCUT2D eigenvalue weighted by Gasteiger charge is -2.39. The van der Waals surface area contributed by atoms with E-state index in [0.29, 0.717) is 22.0 Å². The zero-order valence-corrected chi connectivity index (χ0v) is 18.5. The van der Waals surface area contributed by atoms with Crippen LogP contribution in [0.25, 0.3) is 0 Å². The van der Waals surface area contributed by atoms with Crippen LogP contribution in [0.1, 0.15) is 36.7 Å². The standard InChI is InChI=1S/C20H26BrFN2O6/c1-9(2)24-10(3)12(6-11-4-5-13(21)14(22)7-11)19(23-24)30-20-18(28)17(27)16(26)15(8-25)29-20/h4-5,7,9,15-18,20,25-28H,6,8H2,1-3H3/t15-,16-,17+,18-,20?/m1/s1. The molecule has 10 heteroatoms. The van der Waals surface area contributed by atoms with E-state index in [9.17, 15) is 24.8 Å². The van der Waals surface area contributed by atoms with E-state index in [4.69, 9.17) is 9.47 Å². The fourth-order valence-electron chi connectivity index (χ4n) is 3.46. The highest BCUT2D eigenvalue weighted by Gasteiger charge is 2.45. The van der Waals surface area contributed by atoms with E-state index in [1.807, 2.05) is 20.8 Å². The molecular formula is C20H26BrFN2O6. The van der Waals surface area contributed by atoms with Crippen LogP contribution in [0.5, 0.6) is 5.88 Å². The van der Waals surface area contributed by atoms with Crippen LogP contribution in [-0.4, -0.2) is 67.5 Å². The molecule has 0 bridgehead atoms. The van der Waals surface area contributed by atoms with Gasteiger partial charge in [-0.05, 0) is 54.4 Å². The SMILES string of the molecule is Cc1c(Cc2ccc(Br)c(F)c2)c(OC2O[C@H](CO)[C@@H](O)[C@H](O)[C@H]2O)nn1C(C)C. The Kier molecular flexibility index (Phi) is 7.16. The molecule has 166 valence electrons. The van der Waals surface area contributed by atoms with Crippen LogP contribution in [-0.2, 0) is 11.2 Å². The summed E-state index contributed by atoms with van der Waals surface area (Å²) < 4.78 is 27.3. The highest BCUT2D eigenvalue weighted by Crippen LogP contribution is 2.31. The number of aromatic nitrogens is 2. The molecule has 2 aromatic rings. The van der Waals surface area contributed by atoms with E-state index in [-0.39, 0.29) is 11.9 Å². The molecule has 1 aliphatic rings. The Bertz CT molecular complexity index is 890. The van der Waals surface area contributed by atoms with Gasteiger partial charge >= 0.3 is 0 Å². The van der Waals surface area contributed by atoms with Gasteiger partial charge in [-0.15, -0.1) is 5.10 Å². The van der Waals surface area contributed by atoms with Gasteiger partial charge in [-0.2, -0.15) is 0 Å². The number of hydrogen-bond acceptors (Lipinski definition) is 7. The number of ether oxygens (including phenoxy) is 2. The van der Waals surface area contributed by atoms with Crippen LogP contribution in [0.2, 0.25) is 0 Å². The normalized spacial score (nSPS) is 26.9. The van der Waals surface area contributed by atoms with Crippen molar-refractivity contribution in [3.63, 3.8) is 0 Å². The number of rotatable bonds is 6. The van der Waals surface area contributed by atoms with Gasteiger partial charge in [0.1, 0.15) is 30.2 Å². The molecule has 1 fully saturated rings. The monoisotopic (exact) mass is 488 g/mol. The number of aliphatic hydroxyl groups excluding tert-OH is 4. The molecule has 1 aromatic carbocycles. The third-order valence-corrected chi connectivity index (χ3v) is 5.81. The van der Waals surface area contributed by atoms with E-state index in [1.54, 1.807) is 16.8 Å². The maximum Gasteiger partial charge on any atom is 0.239 e. The first-order valence-electron chi connectivity index (χ1n) is 9.63. The molecule has 0 aliphatic carbocycles. The van der Waals surface area contributed by atoms with Crippen molar-refractivity contribution in [3.8, 4) is 5.88 Å². The zero-order chi connectivity index (χ0) is 22.2. The van der Waals surface area contributed by atoms with E-state index in [0.717, 1.165) is 5.69 Å². The predicted octanol–water partition coefficient (Wildman–Crippen LogP) is 1.44. The minimum absolute atomic E-state index is 0.0116. The minimum Gasteiger partial charge on any atom is -0.443 e. The van der Waals surface area contributed by atoms with Crippen molar-refractivity contribution in [2.75, 3.05) is 6.61 Å². The summed E-state index contributed by atoms with van der Waals surface area (Å²) in [4.78, 5) is 0. The van der Waals surface area contributed by atoms with Crippen LogP contribution in [0, 0.1) is 12.7 Å². The van der Waals surface area contributed by atoms with Gasteiger partial charge in [0, 0.05) is 23.7 Å². The molecule has 2 heterocycles. The van der Waals surface area contributed by atoms with Gasteiger partial charge in [0.15, 0.2) is 0 Å². The first-order valence-corrected chi connectivity index (χ1v) is 10.4. The van der Waals surface area contributed by atoms with Crippen molar-refractivity contribution < 1.29 is 34.3 Å². The zero-order valence-electron chi connectivity index (χ0n) is 16.9. The molecule has 4 N–H and O–H groups in total. The Morgan fingerprint density at radius 2 is 1.93 bits per heavy atom. The molecule has 1 saturated heterocycles. The van der Waals surface area contributed by atoms with Gasteiger partial charge in [-0.1, -0.05) is 6.07 Å². The second kappa shape index (κ2) is 9.29. The topological polar surface area (TPSA) is 117 Å². The Morgan fingerprint density at radius 3 is 2.53 bits per heavy atom. The lowest BCUT2D eigenvalue weighted by molar-refractivity contribution is -0.278. The van der Waals surface area contributed by atoms with Gasteiger partial charge in [0.2, 0.25) is 12.2 Å². The summed E-state index contributed by atoms with van der Waals surface area (Å²) in [7, 11) is 0. The average molecular weight is 489 g/mol. The Hall–Kier alpha value is -1.56. The van der Waals surface area contributed by atoms with Crippen LogP contribution >= 0.6 is 15.9 Å². The summed E-state index contributed by atoms with van der Waals surface area (Å²) in [5.41, 5.74) is 2.16. The maximum absolute atomic E-state index is 14.0. The molecule has 0 amide bonds. The molecule has 0 spiro atoms. The predicted molar refractivity (Wildman–Crippen MR) is 109 cm³/mol. The van der Waals surface area contributed by atoms with E-state index >= 15 is 0 Å². The summed E-state index contributed by atoms with van der Waals surface area (Å²) in [5.74, 6) is -0.230. The van der Waals surface area contributed by atoms with E-state index in [2.05, 4.69) is 21.0 Å². The first kappa shape index (κ1) is 23.1. The molecule has 3 rings (SSSR count). The molecule has 5 atom stereocenters. The van der Waals surface area contributed by atoms with E-state index in [1.165, 1.54) is 6.07 Å². The van der Waals surface area contributed by atoms with Crippen molar-refractivity contribution in [2.24, 2.45) is 0 Å². The number of aliphatic hydroxyl groups is 4. The van der Waals surface area contributed by atoms with Crippen molar-refractivity contribution >= 4 is 15.9 Å².